The molecule has 2 aromatic carbocycles. The quantitative estimate of drug-likeness (QED) is 0.745. The van der Waals surface area contributed by atoms with Gasteiger partial charge in [0, 0.05) is 17.8 Å². The van der Waals surface area contributed by atoms with Crippen LogP contribution in [0.3, 0.4) is 0 Å². The molecule has 1 amide bonds. The maximum atomic E-state index is 12.6. The Labute approximate surface area is 153 Å². The zero-order valence-electron chi connectivity index (χ0n) is 14.6. The molecular formula is C21H22N4O. The van der Waals surface area contributed by atoms with Gasteiger partial charge in [0.25, 0.3) is 5.91 Å². The van der Waals surface area contributed by atoms with Crippen molar-refractivity contribution >= 4 is 11.7 Å². The standard InChI is InChI=1S/C21H22N4O/c26-21(18-6-4-5-16(14-18)13-17-9-11-22-15-17)23-20-10-12-25(24-20)19-7-2-1-3-8-19/h1-8,10,12,14,17,22H,9,11,13,15H2,(H,23,24,26). The zero-order chi connectivity index (χ0) is 17.8. The Kier molecular flexibility index (Phi) is 4.80. The molecule has 0 saturated carbocycles. The van der Waals surface area contributed by atoms with Gasteiger partial charge in [-0.2, -0.15) is 5.10 Å². The van der Waals surface area contributed by atoms with Crippen LogP contribution >= 0.6 is 0 Å². The third kappa shape index (κ3) is 3.83. The minimum absolute atomic E-state index is 0.130. The number of hydrogen-bond acceptors (Lipinski definition) is 3. The predicted octanol–water partition coefficient (Wildman–Crippen LogP) is 3.28. The first-order valence-corrected chi connectivity index (χ1v) is 9.00. The van der Waals surface area contributed by atoms with Gasteiger partial charge in [-0.1, -0.05) is 30.3 Å². The topological polar surface area (TPSA) is 59.0 Å². The highest BCUT2D eigenvalue weighted by atomic mass is 16.1. The second-order valence-corrected chi connectivity index (χ2v) is 6.70. The molecule has 2 heterocycles. The highest BCUT2D eigenvalue weighted by molar-refractivity contribution is 6.03. The van der Waals surface area contributed by atoms with E-state index in [2.05, 4.69) is 21.8 Å². The number of hydrogen-bond donors (Lipinski definition) is 2. The van der Waals surface area contributed by atoms with E-state index in [1.54, 1.807) is 10.7 Å². The average Bonchev–Trinajstić information content (AvgIpc) is 3.35. The summed E-state index contributed by atoms with van der Waals surface area (Å²) in [7, 11) is 0. The van der Waals surface area contributed by atoms with Gasteiger partial charge in [0.15, 0.2) is 5.82 Å². The van der Waals surface area contributed by atoms with E-state index in [-0.39, 0.29) is 5.91 Å². The summed E-state index contributed by atoms with van der Waals surface area (Å²) in [5, 5.41) is 10.7. The minimum Gasteiger partial charge on any atom is -0.316 e. The van der Waals surface area contributed by atoms with Crippen LogP contribution in [0.1, 0.15) is 22.3 Å². The molecule has 132 valence electrons. The monoisotopic (exact) mass is 346 g/mol. The Morgan fingerprint density at radius 1 is 1.15 bits per heavy atom. The second kappa shape index (κ2) is 7.54. The summed E-state index contributed by atoms with van der Waals surface area (Å²) >= 11 is 0. The predicted molar refractivity (Wildman–Crippen MR) is 103 cm³/mol. The maximum Gasteiger partial charge on any atom is 0.256 e. The van der Waals surface area contributed by atoms with Crippen molar-refractivity contribution in [3.05, 3.63) is 78.0 Å². The number of aromatic nitrogens is 2. The van der Waals surface area contributed by atoms with Crippen molar-refractivity contribution in [2.45, 2.75) is 12.8 Å². The summed E-state index contributed by atoms with van der Waals surface area (Å²) in [4.78, 5) is 12.6. The number of anilines is 1. The minimum atomic E-state index is -0.130. The largest absolute Gasteiger partial charge is 0.316 e. The lowest BCUT2D eigenvalue weighted by Gasteiger charge is -2.09. The van der Waals surface area contributed by atoms with E-state index in [0.29, 0.717) is 17.3 Å². The third-order valence-electron chi connectivity index (χ3n) is 4.73. The fraction of sp³-hybridized carbons (Fsp3) is 0.238. The Balaban J connectivity index is 1.44. The zero-order valence-corrected chi connectivity index (χ0v) is 14.6. The molecule has 2 N–H and O–H groups in total. The SMILES string of the molecule is O=C(Nc1ccn(-c2ccccc2)n1)c1cccc(CC2CCNC2)c1. The summed E-state index contributed by atoms with van der Waals surface area (Å²) < 4.78 is 1.75. The fourth-order valence-corrected chi connectivity index (χ4v) is 3.37. The molecule has 5 heteroatoms. The van der Waals surface area contributed by atoms with Crippen LogP contribution in [0, 0.1) is 5.92 Å². The van der Waals surface area contributed by atoms with Crippen molar-refractivity contribution in [1.29, 1.82) is 0 Å². The summed E-state index contributed by atoms with van der Waals surface area (Å²) in [6, 6.07) is 19.5. The lowest BCUT2D eigenvalue weighted by Crippen LogP contribution is -2.14. The number of carbonyl (C=O) groups is 1. The van der Waals surface area contributed by atoms with Crippen LogP contribution in [0.5, 0.6) is 0 Å². The van der Waals surface area contributed by atoms with E-state index < -0.39 is 0 Å². The average molecular weight is 346 g/mol. The van der Waals surface area contributed by atoms with E-state index in [4.69, 9.17) is 0 Å². The molecule has 0 bridgehead atoms. The van der Waals surface area contributed by atoms with E-state index in [9.17, 15) is 4.79 Å². The maximum absolute atomic E-state index is 12.6. The fourth-order valence-electron chi connectivity index (χ4n) is 3.37. The molecule has 4 rings (SSSR count). The van der Waals surface area contributed by atoms with Crippen LogP contribution in [0.15, 0.2) is 66.9 Å². The number of carbonyl (C=O) groups excluding carboxylic acids is 1. The van der Waals surface area contributed by atoms with Crippen molar-refractivity contribution in [1.82, 2.24) is 15.1 Å². The van der Waals surface area contributed by atoms with Gasteiger partial charge in [-0.3, -0.25) is 4.79 Å². The van der Waals surface area contributed by atoms with Crippen LogP contribution in [0.25, 0.3) is 5.69 Å². The van der Waals surface area contributed by atoms with Gasteiger partial charge in [0.2, 0.25) is 0 Å². The van der Waals surface area contributed by atoms with Crippen LogP contribution in [-0.2, 0) is 6.42 Å². The molecule has 3 aromatic rings. The van der Waals surface area contributed by atoms with Crippen LogP contribution in [0.2, 0.25) is 0 Å². The van der Waals surface area contributed by atoms with Gasteiger partial charge in [0.05, 0.1) is 5.69 Å². The summed E-state index contributed by atoms with van der Waals surface area (Å²) in [6.07, 6.45) is 4.05. The number of nitrogens with zero attached hydrogens (tertiary/aromatic N) is 2. The van der Waals surface area contributed by atoms with E-state index in [0.717, 1.165) is 25.2 Å². The highest BCUT2D eigenvalue weighted by Gasteiger charge is 2.16. The Bertz CT molecular complexity index is 882. The third-order valence-corrected chi connectivity index (χ3v) is 4.73. The first kappa shape index (κ1) is 16.5. The Morgan fingerprint density at radius 3 is 2.85 bits per heavy atom. The van der Waals surface area contributed by atoms with Gasteiger partial charge in [-0.25, -0.2) is 4.68 Å². The van der Waals surface area contributed by atoms with Gasteiger partial charge in [-0.05, 0) is 61.7 Å². The molecule has 26 heavy (non-hydrogen) atoms. The lowest BCUT2D eigenvalue weighted by molar-refractivity contribution is 0.102. The highest BCUT2D eigenvalue weighted by Crippen LogP contribution is 2.17. The second-order valence-electron chi connectivity index (χ2n) is 6.70. The van der Waals surface area contributed by atoms with Gasteiger partial charge >= 0.3 is 0 Å². The summed E-state index contributed by atoms with van der Waals surface area (Å²) in [5.74, 6) is 1.08. The van der Waals surface area contributed by atoms with Crippen LogP contribution in [-0.4, -0.2) is 28.8 Å². The molecule has 5 nitrogen and oxygen atoms in total. The van der Waals surface area contributed by atoms with Crippen molar-refractivity contribution in [2.24, 2.45) is 5.92 Å². The molecular weight excluding hydrogens is 324 g/mol. The van der Waals surface area contributed by atoms with E-state index >= 15 is 0 Å². The van der Waals surface area contributed by atoms with Crippen molar-refractivity contribution in [3.8, 4) is 5.69 Å². The molecule has 0 radical (unpaired) electrons. The van der Waals surface area contributed by atoms with Crippen molar-refractivity contribution < 1.29 is 4.79 Å². The number of benzene rings is 2. The van der Waals surface area contributed by atoms with Crippen LogP contribution in [0.4, 0.5) is 5.82 Å². The van der Waals surface area contributed by atoms with Crippen molar-refractivity contribution in [2.75, 3.05) is 18.4 Å². The number of para-hydroxylation sites is 1. The first-order valence-electron chi connectivity index (χ1n) is 9.00. The Morgan fingerprint density at radius 2 is 2.04 bits per heavy atom. The van der Waals surface area contributed by atoms with Crippen molar-refractivity contribution in [3.63, 3.8) is 0 Å². The van der Waals surface area contributed by atoms with E-state index in [1.165, 1.54) is 12.0 Å². The normalized spacial score (nSPS) is 16.5. The number of rotatable bonds is 5. The molecule has 1 saturated heterocycles. The van der Waals surface area contributed by atoms with Gasteiger partial charge < -0.3 is 10.6 Å². The van der Waals surface area contributed by atoms with Crippen LogP contribution < -0.4 is 10.6 Å². The molecule has 1 aromatic heterocycles. The molecule has 1 aliphatic rings. The lowest BCUT2D eigenvalue weighted by atomic mass is 9.97. The summed E-state index contributed by atoms with van der Waals surface area (Å²) in [6.45, 7) is 2.16. The molecule has 1 atom stereocenters. The smallest absolute Gasteiger partial charge is 0.256 e. The van der Waals surface area contributed by atoms with E-state index in [1.807, 2.05) is 54.7 Å². The summed E-state index contributed by atoms with van der Waals surface area (Å²) in [5.41, 5.74) is 2.84. The van der Waals surface area contributed by atoms with Gasteiger partial charge in [0.1, 0.15) is 0 Å². The molecule has 1 unspecified atom stereocenters. The first-order chi connectivity index (χ1) is 12.8. The number of amides is 1. The molecule has 1 fully saturated rings. The molecule has 0 aliphatic carbocycles. The Hall–Kier alpha value is -2.92. The molecule has 0 spiro atoms. The number of nitrogens with one attached hydrogen (secondary N) is 2. The molecule has 1 aliphatic heterocycles. The van der Waals surface area contributed by atoms with Gasteiger partial charge in [-0.15, -0.1) is 0 Å².